The summed E-state index contributed by atoms with van der Waals surface area (Å²) in [5.74, 6) is 0.519. The van der Waals surface area contributed by atoms with E-state index in [1.54, 1.807) is 0 Å². The molecule has 0 spiro atoms. The van der Waals surface area contributed by atoms with Crippen molar-refractivity contribution in [3.63, 3.8) is 0 Å². The molecule has 0 aromatic heterocycles. The first kappa shape index (κ1) is 14.6. The molecule has 0 saturated carbocycles. The average molecular weight is 248 g/mol. The van der Waals surface area contributed by atoms with E-state index in [0.29, 0.717) is 5.92 Å². The number of carbonyl (C=O) groups excluding carboxylic acids is 1. The van der Waals surface area contributed by atoms with Gasteiger partial charge in [0.05, 0.1) is 0 Å². The van der Waals surface area contributed by atoms with Crippen LogP contribution in [0.5, 0.6) is 0 Å². The zero-order valence-corrected chi connectivity index (χ0v) is 12.0. The van der Waals surface area contributed by atoms with Crippen molar-refractivity contribution in [2.24, 2.45) is 5.92 Å². The molecule has 0 unspecified atom stereocenters. The fourth-order valence-electron chi connectivity index (χ4n) is 1.73. The van der Waals surface area contributed by atoms with E-state index >= 15 is 0 Å². The highest BCUT2D eigenvalue weighted by atomic mass is 16.2. The van der Waals surface area contributed by atoms with Crippen LogP contribution in [0.25, 0.3) is 0 Å². The SMILES string of the molecule is Cc1ccc(N[C@@H](C)C(=O)NCC(C)C)c(C)c1. The van der Waals surface area contributed by atoms with Crippen molar-refractivity contribution in [1.29, 1.82) is 0 Å². The van der Waals surface area contributed by atoms with Crippen LogP contribution in [-0.4, -0.2) is 18.5 Å². The molecule has 1 aromatic rings. The predicted molar refractivity (Wildman–Crippen MR) is 76.8 cm³/mol. The third-order valence-corrected chi connectivity index (χ3v) is 2.83. The van der Waals surface area contributed by atoms with Crippen LogP contribution in [-0.2, 0) is 4.79 Å². The Morgan fingerprint density at radius 2 is 1.89 bits per heavy atom. The van der Waals surface area contributed by atoms with Crippen molar-refractivity contribution in [1.82, 2.24) is 5.32 Å². The molecule has 0 aliphatic rings. The van der Waals surface area contributed by atoms with Gasteiger partial charge in [0, 0.05) is 12.2 Å². The van der Waals surface area contributed by atoms with E-state index in [9.17, 15) is 4.79 Å². The summed E-state index contributed by atoms with van der Waals surface area (Å²) in [4.78, 5) is 11.9. The van der Waals surface area contributed by atoms with Crippen molar-refractivity contribution >= 4 is 11.6 Å². The van der Waals surface area contributed by atoms with Crippen LogP contribution in [0.2, 0.25) is 0 Å². The van der Waals surface area contributed by atoms with Gasteiger partial charge in [-0.25, -0.2) is 0 Å². The van der Waals surface area contributed by atoms with Gasteiger partial charge in [0.15, 0.2) is 0 Å². The molecule has 1 atom stereocenters. The molecule has 1 rings (SSSR count). The van der Waals surface area contributed by atoms with Gasteiger partial charge < -0.3 is 10.6 Å². The number of aryl methyl sites for hydroxylation is 2. The summed E-state index contributed by atoms with van der Waals surface area (Å²) in [6, 6.07) is 5.97. The van der Waals surface area contributed by atoms with E-state index in [4.69, 9.17) is 0 Å². The number of anilines is 1. The first-order chi connectivity index (χ1) is 8.40. The standard InChI is InChI=1S/C15H24N2O/c1-10(2)9-16-15(18)13(5)17-14-7-6-11(3)8-12(14)4/h6-8,10,13,17H,9H2,1-5H3,(H,16,18)/t13-/m0/s1. The van der Waals surface area contributed by atoms with E-state index < -0.39 is 0 Å². The minimum atomic E-state index is -0.217. The number of amides is 1. The molecule has 2 N–H and O–H groups in total. The summed E-state index contributed by atoms with van der Waals surface area (Å²) in [6.07, 6.45) is 0. The Morgan fingerprint density at radius 3 is 2.44 bits per heavy atom. The zero-order valence-electron chi connectivity index (χ0n) is 12.0. The number of carbonyl (C=O) groups is 1. The lowest BCUT2D eigenvalue weighted by molar-refractivity contribution is -0.121. The molecular weight excluding hydrogens is 224 g/mol. The lowest BCUT2D eigenvalue weighted by Gasteiger charge is -2.18. The van der Waals surface area contributed by atoms with Crippen LogP contribution in [0, 0.1) is 19.8 Å². The number of hydrogen-bond acceptors (Lipinski definition) is 2. The molecule has 1 aromatic carbocycles. The van der Waals surface area contributed by atoms with Crippen molar-refractivity contribution in [3.05, 3.63) is 29.3 Å². The maximum Gasteiger partial charge on any atom is 0.242 e. The van der Waals surface area contributed by atoms with Crippen molar-refractivity contribution in [2.45, 2.75) is 40.7 Å². The Morgan fingerprint density at radius 1 is 1.22 bits per heavy atom. The number of hydrogen-bond donors (Lipinski definition) is 2. The lowest BCUT2D eigenvalue weighted by Crippen LogP contribution is -2.39. The molecule has 0 aliphatic carbocycles. The van der Waals surface area contributed by atoms with Crippen LogP contribution in [0.3, 0.4) is 0 Å². The number of rotatable bonds is 5. The molecule has 0 fully saturated rings. The van der Waals surface area contributed by atoms with E-state index in [0.717, 1.165) is 12.2 Å². The predicted octanol–water partition coefficient (Wildman–Crippen LogP) is 2.88. The highest BCUT2D eigenvalue weighted by Crippen LogP contribution is 2.16. The second kappa shape index (κ2) is 6.43. The van der Waals surface area contributed by atoms with E-state index in [2.05, 4.69) is 37.5 Å². The third kappa shape index (κ3) is 4.40. The fraction of sp³-hybridized carbons (Fsp3) is 0.533. The first-order valence-electron chi connectivity index (χ1n) is 6.51. The van der Waals surface area contributed by atoms with E-state index in [1.165, 1.54) is 11.1 Å². The van der Waals surface area contributed by atoms with Crippen LogP contribution in [0.4, 0.5) is 5.69 Å². The average Bonchev–Trinajstić information content (AvgIpc) is 2.29. The van der Waals surface area contributed by atoms with Crippen LogP contribution >= 0.6 is 0 Å². The molecule has 3 heteroatoms. The normalized spacial score (nSPS) is 12.3. The summed E-state index contributed by atoms with van der Waals surface area (Å²) in [6.45, 7) is 10.9. The van der Waals surface area contributed by atoms with Gasteiger partial charge in [-0.05, 0) is 38.3 Å². The van der Waals surface area contributed by atoms with Crippen LogP contribution in [0.1, 0.15) is 31.9 Å². The van der Waals surface area contributed by atoms with Gasteiger partial charge in [-0.15, -0.1) is 0 Å². The molecular formula is C15H24N2O. The van der Waals surface area contributed by atoms with Crippen LogP contribution in [0.15, 0.2) is 18.2 Å². The van der Waals surface area contributed by atoms with Crippen molar-refractivity contribution < 1.29 is 4.79 Å². The molecule has 0 aliphatic heterocycles. The van der Waals surface area contributed by atoms with Crippen LogP contribution < -0.4 is 10.6 Å². The third-order valence-electron chi connectivity index (χ3n) is 2.83. The highest BCUT2D eigenvalue weighted by Gasteiger charge is 2.13. The van der Waals surface area contributed by atoms with Gasteiger partial charge in [0.1, 0.15) is 6.04 Å². The molecule has 18 heavy (non-hydrogen) atoms. The van der Waals surface area contributed by atoms with Gasteiger partial charge in [0.2, 0.25) is 5.91 Å². The Bertz CT molecular complexity index is 413. The highest BCUT2D eigenvalue weighted by molar-refractivity contribution is 5.84. The maximum atomic E-state index is 11.9. The summed E-state index contributed by atoms with van der Waals surface area (Å²) in [5.41, 5.74) is 3.42. The molecule has 100 valence electrons. The minimum Gasteiger partial charge on any atom is -0.374 e. The smallest absolute Gasteiger partial charge is 0.242 e. The van der Waals surface area contributed by atoms with Crippen molar-refractivity contribution in [2.75, 3.05) is 11.9 Å². The number of nitrogens with one attached hydrogen (secondary N) is 2. The van der Waals surface area contributed by atoms with Gasteiger partial charge >= 0.3 is 0 Å². The Kier molecular flexibility index (Phi) is 5.20. The minimum absolute atomic E-state index is 0.0451. The molecule has 0 saturated heterocycles. The summed E-state index contributed by atoms with van der Waals surface area (Å²) >= 11 is 0. The van der Waals surface area contributed by atoms with Gasteiger partial charge in [-0.2, -0.15) is 0 Å². The molecule has 1 amide bonds. The summed E-state index contributed by atoms with van der Waals surface area (Å²) < 4.78 is 0. The van der Waals surface area contributed by atoms with Gasteiger partial charge in [-0.3, -0.25) is 4.79 Å². The summed E-state index contributed by atoms with van der Waals surface area (Å²) in [5, 5.41) is 6.18. The fourth-order valence-corrected chi connectivity index (χ4v) is 1.73. The summed E-state index contributed by atoms with van der Waals surface area (Å²) in [7, 11) is 0. The lowest BCUT2D eigenvalue weighted by atomic mass is 10.1. The van der Waals surface area contributed by atoms with E-state index in [1.807, 2.05) is 26.0 Å². The van der Waals surface area contributed by atoms with E-state index in [-0.39, 0.29) is 11.9 Å². The largest absolute Gasteiger partial charge is 0.374 e. The second-order valence-corrected chi connectivity index (χ2v) is 5.32. The molecule has 0 radical (unpaired) electrons. The number of benzene rings is 1. The molecule has 0 heterocycles. The Labute approximate surface area is 110 Å². The molecule has 0 bridgehead atoms. The Hall–Kier alpha value is -1.51. The topological polar surface area (TPSA) is 41.1 Å². The quantitative estimate of drug-likeness (QED) is 0.841. The Balaban J connectivity index is 2.58. The molecule has 3 nitrogen and oxygen atoms in total. The van der Waals surface area contributed by atoms with Gasteiger partial charge in [-0.1, -0.05) is 31.5 Å². The maximum absolute atomic E-state index is 11.9. The zero-order chi connectivity index (χ0) is 13.7. The monoisotopic (exact) mass is 248 g/mol. The first-order valence-corrected chi connectivity index (χ1v) is 6.51. The van der Waals surface area contributed by atoms with Gasteiger partial charge in [0.25, 0.3) is 0 Å². The van der Waals surface area contributed by atoms with Crippen molar-refractivity contribution in [3.8, 4) is 0 Å². The second-order valence-electron chi connectivity index (χ2n) is 5.32.